The van der Waals surface area contributed by atoms with Crippen molar-refractivity contribution in [3.05, 3.63) is 90.1 Å². The fourth-order valence-corrected chi connectivity index (χ4v) is 3.78. The third kappa shape index (κ3) is 8.29. The number of urea groups is 1. The van der Waals surface area contributed by atoms with Crippen LogP contribution in [0.25, 0.3) is 22.4 Å². The molecule has 1 aromatic heterocycles. The van der Waals surface area contributed by atoms with E-state index in [-0.39, 0.29) is 11.9 Å². The van der Waals surface area contributed by atoms with Gasteiger partial charge in [-0.05, 0) is 79.4 Å². The molecule has 0 bridgehead atoms. The summed E-state index contributed by atoms with van der Waals surface area (Å²) >= 11 is 0. The molecule has 0 saturated carbocycles. The van der Waals surface area contributed by atoms with Gasteiger partial charge in [0.25, 0.3) is 0 Å². The summed E-state index contributed by atoms with van der Waals surface area (Å²) in [7, 11) is 1.63. The van der Waals surface area contributed by atoms with E-state index in [1.165, 1.54) is 0 Å². The van der Waals surface area contributed by atoms with Crippen molar-refractivity contribution in [2.45, 2.75) is 20.8 Å². The van der Waals surface area contributed by atoms with Gasteiger partial charge in [-0.2, -0.15) is 0 Å². The zero-order chi connectivity index (χ0) is 28.2. The van der Waals surface area contributed by atoms with Crippen LogP contribution < -0.4 is 26.4 Å². The highest BCUT2D eigenvalue weighted by molar-refractivity contribution is 6.00. The van der Waals surface area contributed by atoms with Gasteiger partial charge in [-0.15, -0.1) is 0 Å². The highest BCUT2D eigenvalue weighted by Gasteiger charge is 2.12. The molecule has 3 amide bonds. The number of guanidine groups is 1. The fourth-order valence-electron chi connectivity index (χ4n) is 3.78. The SMILES string of the molecule is CCNC(=O)/C=C(\C=C(\C)c1cccc(OC)c1)c1ccc(N=C(N)NC(=O)NCC)c(-c2ccccn2)c1. The molecule has 0 fully saturated rings. The van der Waals surface area contributed by atoms with Crippen molar-refractivity contribution in [1.82, 2.24) is 20.9 Å². The normalized spacial score (nSPS) is 12.1. The molecule has 0 aliphatic rings. The number of nitrogens with two attached hydrogens (primary N) is 1. The maximum Gasteiger partial charge on any atom is 0.321 e. The van der Waals surface area contributed by atoms with Gasteiger partial charge in [0.1, 0.15) is 5.75 Å². The number of likely N-dealkylation sites (N-methyl/N-ethyl adjacent to an activating group) is 1. The Morgan fingerprint density at radius 2 is 1.77 bits per heavy atom. The summed E-state index contributed by atoms with van der Waals surface area (Å²) in [4.78, 5) is 33.5. The van der Waals surface area contributed by atoms with Gasteiger partial charge in [-0.1, -0.05) is 30.3 Å². The Balaban J connectivity index is 2.13. The maximum atomic E-state index is 12.6. The van der Waals surface area contributed by atoms with Gasteiger partial charge < -0.3 is 21.1 Å². The van der Waals surface area contributed by atoms with Crippen molar-refractivity contribution in [1.29, 1.82) is 0 Å². The number of ether oxygens (including phenoxy) is 1. The van der Waals surface area contributed by atoms with Gasteiger partial charge in [0.2, 0.25) is 11.9 Å². The van der Waals surface area contributed by atoms with E-state index in [0.29, 0.717) is 35.6 Å². The zero-order valence-corrected chi connectivity index (χ0v) is 22.6. The predicted octanol–water partition coefficient (Wildman–Crippen LogP) is 4.65. The molecular weight excluding hydrogens is 492 g/mol. The molecule has 0 atom stereocenters. The summed E-state index contributed by atoms with van der Waals surface area (Å²) in [6, 6.07) is 18.4. The molecular formula is C30H34N6O3. The van der Waals surface area contributed by atoms with Crippen LogP contribution in [0.1, 0.15) is 31.9 Å². The first-order valence-electron chi connectivity index (χ1n) is 12.6. The van der Waals surface area contributed by atoms with Crippen molar-refractivity contribution in [2.24, 2.45) is 10.7 Å². The fraction of sp³-hybridized carbons (Fsp3) is 0.200. The smallest absolute Gasteiger partial charge is 0.321 e. The summed E-state index contributed by atoms with van der Waals surface area (Å²) < 4.78 is 5.37. The Kier molecular flexibility index (Phi) is 10.4. The monoisotopic (exact) mass is 526 g/mol. The zero-order valence-electron chi connectivity index (χ0n) is 22.6. The number of carbonyl (C=O) groups excluding carboxylic acids is 2. The molecule has 0 saturated heterocycles. The first-order chi connectivity index (χ1) is 18.8. The largest absolute Gasteiger partial charge is 0.497 e. The molecule has 9 heteroatoms. The van der Waals surface area contributed by atoms with Crippen LogP contribution in [0.5, 0.6) is 5.75 Å². The number of amides is 3. The Hall–Kier alpha value is -4.92. The number of benzene rings is 2. The molecule has 0 unspecified atom stereocenters. The average molecular weight is 527 g/mol. The van der Waals surface area contributed by atoms with Gasteiger partial charge in [0, 0.05) is 30.9 Å². The number of aromatic nitrogens is 1. The highest BCUT2D eigenvalue weighted by atomic mass is 16.5. The van der Waals surface area contributed by atoms with Gasteiger partial charge in [0.15, 0.2) is 0 Å². The summed E-state index contributed by atoms with van der Waals surface area (Å²) in [5, 5.41) is 7.96. The van der Waals surface area contributed by atoms with E-state index in [2.05, 4.69) is 25.9 Å². The van der Waals surface area contributed by atoms with Crippen LogP contribution in [0.2, 0.25) is 0 Å². The molecule has 5 N–H and O–H groups in total. The molecule has 0 aliphatic carbocycles. The van der Waals surface area contributed by atoms with Crippen molar-refractivity contribution < 1.29 is 14.3 Å². The lowest BCUT2D eigenvalue weighted by atomic mass is 9.96. The minimum absolute atomic E-state index is 0.0577. The maximum absolute atomic E-state index is 12.6. The van der Waals surface area contributed by atoms with Crippen molar-refractivity contribution in [2.75, 3.05) is 20.2 Å². The second-order valence-electron chi connectivity index (χ2n) is 8.48. The number of carbonyl (C=O) groups is 2. The van der Waals surface area contributed by atoms with E-state index in [1.54, 1.807) is 32.4 Å². The number of hydrogen-bond acceptors (Lipinski definition) is 5. The molecule has 0 spiro atoms. The molecule has 39 heavy (non-hydrogen) atoms. The molecule has 3 rings (SSSR count). The quantitative estimate of drug-likeness (QED) is 0.140. The molecule has 0 aliphatic heterocycles. The van der Waals surface area contributed by atoms with Crippen molar-refractivity contribution in [3.8, 4) is 17.0 Å². The Morgan fingerprint density at radius 1 is 0.974 bits per heavy atom. The standard InChI is InChI=1S/C30H34N6O3/c1-5-32-28(37)19-23(16-20(3)21-10-9-11-24(17-21)39-4)22-13-14-27(35-29(31)36-30(38)33-6-2)25(18-22)26-12-7-8-15-34-26/h7-19H,5-6H2,1-4H3,(H,32,37)(H4,31,33,35,36,38)/b20-16-,23-19+. The van der Waals surface area contributed by atoms with Crippen LogP contribution in [0.15, 0.2) is 84.0 Å². The molecule has 3 aromatic rings. The minimum atomic E-state index is -0.444. The van der Waals surface area contributed by atoms with Gasteiger partial charge in [0.05, 0.1) is 18.5 Å². The van der Waals surface area contributed by atoms with E-state index in [9.17, 15) is 9.59 Å². The number of allylic oxidation sites excluding steroid dienone is 3. The van der Waals surface area contributed by atoms with E-state index in [0.717, 1.165) is 22.4 Å². The third-order valence-corrected chi connectivity index (χ3v) is 5.63. The van der Waals surface area contributed by atoms with Crippen LogP contribution in [0, 0.1) is 0 Å². The molecule has 2 aromatic carbocycles. The number of rotatable bonds is 9. The number of nitrogens with zero attached hydrogens (tertiary/aromatic N) is 2. The Labute approximate surface area is 228 Å². The number of methoxy groups -OCH3 is 1. The molecule has 0 radical (unpaired) electrons. The van der Waals surface area contributed by atoms with Crippen LogP contribution in [0.3, 0.4) is 0 Å². The highest BCUT2D eigenvalue weighted by Crippen LogP contribution is 2.33. The van der Waals surface area contributed by atoms with Crippen LogP contribution in [-0.4, -0.2) is 43.1 Å². The topological polar surface area (TPSA) is 131 Å². The van der Waals surface area contributed by atoms with E-state index in [1.807, 2.05) is 74.5 Å². The second kappa shape index (κ2) is 14.1. The summed E-state index contributed by atoms with van der Waals surface area (Å²) in [5.41, 5.74) is 11.2. The van der Waals surface area contributed by atoms with Crippen LogP contribution in [-0.2, 0) is 4.79 Å². The van der Waals surface area contributed by atoms with E-state index < -0.39 is 6.03 Å². The summed E-state index contributed by atoms with van der Waals surface area (Å²) in [6.45, 7) is 6.61. The van der Waals surface area contributed by atoms with Crippen LogP contribution in [0.4, 0.5) is 10.5 Å². The molecule has 202 valence electrons. The number of aliphatic imine (C=N–C) groups is 1. The number of hydrogen-bond donors (Lipinski definition) is 4. The second-order valence-corrected chi connectivity index (χ2v) is 8.48. The van der Waals surface area contributed by atoms with Crippen molar-refractivity contribution in [3.63, 3.8) is 0 Å². The predicted molar refractivity (Wildman–Crippen MR) is 156 cm³/mol. The van der Waals surface area contributed by atoms with E-state index >= 15 is 0 Å². The lowest BCUT2D eigenvalue weighted by molar-refractivity contribution is -0.116. The lowest BCUT2D eigenvalue weighted by Crippen LogP contribution is -2.43. The van der Waals surface area contributed by atoms with Gasteiger partial charge in [-0.25, -0.2) is 9.79 Å². The van der Waals surface area contributed by atoms with Gasteiger partial charge >= 0.3 is 6.03 Å². The van der Waals surface area contributed by atoms with E-state index in [4.69, 9.17) is 10.5 Å². The Morgan fingerprint density at radius 3 is 2.46 bits per heavy atom. The summed E-state index contributed by atoms with van der Waals surface area (Å²) in [5.74, 6) is 0.477. The number of pyridine rings is 1. The molecule has 1 heterocycles. The summed E-state index contributed by atoms with van der Waals surface area (Å²) in [6.07, 6.45) is 5.21. The Bertz CT molecular complexity index is 1400. The number of nitrogens with one attached hydrogen (secondary N) is 3. The third-order valence-electron chi connectivity index (χ3n) is 5.63. The van der Waals surface area contributed by atoms with Crippen LogP contribution >= 0.6 is 0 Å². The average Bonchev–Trinajstić information content (AvgIpc) is 2.93. The lowest BCUT2D eigenvalue weighted by Gasteiger charge is -2.12. The van der Waals surface area contributed by atoms with Crippen molar-refractivity contribution >= 4 is 34.7 Å². The first-order valence-corrected chi connectivity index (χ1v) is 12.6. The first kappa shape index (κ1) is 28.6. The minimum Gasteiger partial charge on any atom is -0.497 e. The molecule has 9 nitrogen and oxygen atoms in total. The van der Waals surface area contributed by atoms with Gasteiger partial charge in [-0.3, -0.25) is 15.1 Å².